The molecule has 1 aromatic carbocycles. The van der Waals surface area contributed by atoms with Crippen molar-refractivity contribution >= 4 is 23.5 Å². The Morgan fingerprint density at radius 2 is 2.04 bits per heavy atom. The second-order valence-electron chi connectivity index (χ2n) is 6.77. The molecule has 1 saturated carbocycles. The minimum Gasteiger partial charge on any atom is -0.481 e. The number of carboxylic acids is 1. The van der Waals surface area contributed by atoms with Crippen LogP contribution in [0.1, 0.15) is 47.3 Å². The number of carbonyl (C=O) groups is 2. The topological polar surface area (TPSA) is 84.2 Å². The van der Waals surface area contributed by atoms with Gasteiger partial charge in [-0.25, -0.2) is 4.68 Å². The Balaban J connectivity index is 1.72. The average Bonchev–Trinajstić information content (AvgIpc) is 2.89. The Morgan fingerprint density at radius 3 is 2.73 bits per heavy atom. The molecule has 6 nitrogen and oxygen atoms in total. The van der Waals surface area contributed by atoms with Gasteiger partial charge in [0, 0.05) is 6.04 Å². The molecule has 0 bridgehead atoms. The van der Waals surface area contributed by atoms with Crippen molar-refractivity contribution in [2.75, 3.05) is 0 Å². The first-order chi connectivity index (χ1) is 12.5. The predicted octanol–water partition coefficient (Wildman–Crippen LogP) is 3.27. The summed E-state index contributed by atoms with van der Waals surface area (Å²) < 4.78 is 1.61. The van der Waals surface area contributed by atoms with Crippen LogP contribution < -0.4 is 5.32 Å². The third-order valence-electron chi connectivity index (χ3n) is 4.83. The Labute approximate surface area is 157 Å². The molecule has 1 aliphatic carbocycles. The van der Waals surface area contributed by atoms with Gasteiger partial charge in [0.1, 0.15) is 5.15 Å². The van der Waals surface area contributed by atoms with Crippen molar-refractivity contribution in [2.45, 2.75) is 45.2 Å². The number of aryl methyl sites for hydroxylation is 1. The average molecular weight is 376 g/mol. The van der Waals surface area contributed by atoms with Crippen LogP contribution in [0.15, 0.2) is 30.3 Å². The molecule has 1 aliphatic rings. The van der Waals surface area contributed by atoms with E-state index in [9.17, 15) is 14.7 Å². The Hall–Kier alpha value is -2.34. The van der Waals surface area contributed by atoms with Crippen LogP contribution in [0, 0.1) is 12.8 Å². The van der Waals surface area contributed by atoms with E-state index < -0.39 is 11.9 Å². The number of hydrogen-bond donors (Lipinski definition) is 2. The van der Waals surface area contributed by atoms with Crippen LogP contribution in [-0.2, 0) is 11.3 Å². The summed E-state index contributed by atoms with van der Waals surface area (Å²) >= 11 is 6.42. The molecule has 0 radical (unpaired) electrons. The van der Waals surface area contributed by atoms with Gasteiger partial charge >= 0.3 is 5.97 Å². The van der Waals surface area contributed by atoms with E-state index in [4.69, 9.17) is 11.6 Å². The van der Waals surface area contributed by atoms with E-state index in [1.807, 2.05) is 30.3 Å². The summed E-state index contributed by atoms with van der Waals surface area (Å²) in [4.78, 5) is 23.9. The lowest BCUT2D eigenvalue weighted by atomic mass is 9.85. The van der Waals surface area contributed by atoms with E-state index in [0.717, 1.165) is 18.4 Å². The third kappa shape index (κ3) is 4.07. The molecule has 1 heterocycles. The van der Waals surface area contributed by atoms with E-state index in [-0.39, 0.29) is 11.9 Å². The maximum atomic E-state index is 12.7. The number of benzene rings is 1. The predicted molar refractivity (Wildman–Crippen MR) is 98.4 cm³/mol. The van der Waals surface area contributed by atoms with Gasteiger partial charge in [-0.1, -0.05) is 48.4 Å². The SMILES string of the molecule is Cc1nn(Cc2ccccc2)c(Cl)c1C(=O)N[C@H]1CCC[C@@H](C(=O)O)C1. The van der Waals surface area contributed by atoms with Gasteiger partial charge in [-0.15, -0.1) is 0 Å². The number of rotatable bonds is 5. The van der Waals surface area contributed by atoms with Crippen molar-refractivity contribution in [1.82, 2.24) is 15.1 Å². The van der Waals surface area contributed by atoms with E-state index in [2.05, 4.69) is 10.4 Å². The number of carbonyl (C=O) groups excluding carboxylic acids is 1. The lowest BCUT2D eigenvalue weighted by Gasteiger charge is -2.27. The number of nitrogens with one attached hydrogen (secondary N) is 1. The van der Waals surface area contributed by atoms with E-state index >= 15 is 0 Å². The summed E-state index contributed by atoms with van der Waals surface area (Å²) in [5, 5.41) is 16.8. The number of halogens is 1. The zero-order chi connectivity index (χ0) is 18.7. The second-order valence-corrected chi connectivity index (χ2v) is 7.12. The van der Waals surface area contributed by atoms with Crippen molar-refractivity contribution in [2.24, 2.45) is 5.92 Å². The largest absolute Gasteiger partial charge is 0.481 e. The molecule has 1 aromatic heterocycles. The molecule has 1 amide bonds. The monoisotopic (exact) mass is 375 g/mol. The first-order valence-electron chi connectivity index (χ1n) is 8.76. The molecule has 0 saturated heterocycles. The van der Waals surface area contributed by atoms with Crippen LogP contribution in [0.4, 0.5) is 0 Å². The normalized spacial score (nSPS) is 19.9. The van der Waals surface area contributed by atoms with Gasteiger partial charge in [0.2, 0.25) is 0 Å². The van der Waals surface area contributed by atoms with Gasteiger partial charge < -0.3 is 10.4 Å². The molecule has 26 heavy (non-hydrogen) atoms. The van der Waals surface area contributed by atoms with Crippen molar-refractivity contribution in [1.29, 1.82) is 0 Å². The van der Waals surface area contributed by atoms with Gasteiger partial charge in [-0.2, -0.15) is 5.10 Å². The van der Waals surface area contributed by atoms with Crippen molar-refractivity contribution in [3.63, 3.8) is 0 Å². The lowest BCUT2D eigenvalue weighted by molar-refractivity contribution is -0.143. The van der Waals surface area contributed by atoms with Gasteiger partial charge in [-0.05, 0) is 31.7 Å². The number of hydrogen-bond acceptors (Lipinski definition) is 3. The highest BCUT2D eigenvalue weighted by atomic mass is 35.5. The summed E-state index contributed by atoms with van der Waals surface area (Å²) in [7, 11) is 0. The van der Waals surface area contributed by atoms with Crippen molar-refractivity contribution in [3.05, 3.63) is 52.3 Å². The highest BCUT2D eigenvalue weighted by molar-refractivity contribution is 6.33. The lowest BCUT2D eigenvalue weighted by Crippen LogP contribution is -2.40. The van der Waals surface area contributed by atoms with Gasteiger partial charge in [-0.3, -0.25) is 9.59 Å². The van der Waals surface area contributed by atoms with E-state index in [1.165, 1.54) is 0 Å². The van der Waals surface area contributed by atoms with E-state index in [1.54, 1.807) is 11.6 Å². The van der Waals surface area contributed by atoms with Crippen LogP contribution in [-0.4, -0.2) is 32.8 Å². The van der Waals surface area contributed by atoms with E-state index in [0.29, 0.717) is 35.8 Å². The molecule has 3 rings (SSSR count). The van der Waals surface area contributed by atoms with Crippen LogP contribution in [0.2, 0.25) is 5.15 Å². The highest BCUT2D eigenvalue weighted by Gasteiger charge is 2.29. The molecular weight excluding hydrogens is 354 g/mol. The van der Waals surface area contributed by atoms with Gasteiger partial charge in [0.05, 0.1) is 23.7 Å². The number of aliphatic carboxylic acids is 1. The third-order valence-corrected chi connectivity index (χ3v) is 5.21. The molecule has 1 fully saturated rings. The maximum Gasteiger partial charge on any atom is 0.306 e. The molecule has 0 unspecified atom stereocenters. The molecule has 2 N–H and O–H groups in total. The van der Waals surface area contributed by atoms with Crippen LogP contribution in [0.25, 0.3) is 0 Å². The smallest absolute Gasteiger partial charge is 0.306 e. The fourth-order valence-corrected chi connectivity index (χ4v) is 3.80. The summed E-state index contributed by atoms with van der Waals surface area (Å²) in [5.41, 5.74) is 1.97. The second kappa shape index (κ2) is 7.91. The highest BCUT2D eigenvalue weighted by Crippen LogP contribution is 2.26. The molecule has 0 spiro atoms. The molecule has 0 aliphatic heterocycles. The number of nitrogens with zero attached hydrogens (tertiary/aromatic N) is 2. The Bertz CT molecular complexity index is 804. The summed E-state index contributed by atoms with van der Waals surface area (Å²) in [6.07, 6.45) is 2.69. The van der Waals surface area contributed by atoms with Crippen LogP contribution in [0.5, 0.6) is 0 Å². The quantitative estimate of drug-likeness (QED) is 0.840. The zero-order valence-electron chi connectivity index (χ0n) is 14.6. The molecule has 2 atom stereocenters. The first kappa shape index (κ1) is 18.5. The molecule has 7 heteroatoms. The molecule has 2 aromatic rings. The van der Waals surface area contributed by atoms with Crippen molar-refractivity contribution in [3.8, 4) is 0 Å². The first-order valence-corrected chi connectivity index (χ1v) is 9.14. The van der Waals surface area contributed by atoms with Gasteiger partial charge in [0.15, 0.2) is 0 Å². The number of amides is 1. The minimum absolute atomic E-state index is 0.148. The fourth-order valence-electron chi connectivity index (χ4n) is 3.48. The summed E-state index contributed by atoms with van der Waals surface area (Å²) in [6, 6.07) is 9.62. The fraction of sp³-hybridized carbons (Fsp3) is 0.421. The number of carboxylic acid groups (broad SMARTS) is 1. The summed E-state index contributed by atoms with van der Waals surface area (Å²) in [6.45, 7) is 2.24. The zero-order valence-corrected chi connectivity index (χ0v) is 15.4. The summed E-state index contributed by atoms with van der Waals surface area (Å²) in [5.74, 6) is -1.48. The Kier molecular flexibility index (Phi) is 5.61. The molecular formula is C19H22ClN3O3. The maximum absolute atomic E-state index is 12.7. The van der Waals surface area contributed by atoms with Crippen LogP contribution >= 0.6 is 11.6 Å². The van der Waals surface area contributed by atoms with Crippen LogP contribution in [0.3, 0.4) is 0 Å². The number of aromatic nitrogens is 2. The van der Waals surface area contributed by atoms with Crippen molar-refractivity contribution < 1.29 is 14.7 Å². The Morgan fingerprint density at radius 1 is 1.31 bits per heavy atom. The standard InChI is InChI=1S/C19H22ClN3O3/c1-12-16(17(20)23(22-12)11-13-6-3-2-4-7-13)18(24)21-15-9-5-8-14(10-15)19(25)26/h2-4,6-7,14-15H,5,8-11H2,1H3,(H,21,24)(H,25,26)/t14-,15+/m1/s1. The van der Waals surface area contributed by atoms with Gasteiger partial charge in [0.25, 0.3) is 5.91 Å². The molecule has 138 valence electrons. The minimum atomic E-state index is -0.797.